The number of para-hydroxylation sites is 2. The Balaban J connectivity index is 1.89. The molecule has 0 unspecified atom stereocenters. The number of carbonyl (C=O) groups is 1. The smallest absolute Gasteiger partial charge is 0.343 e. The lowest BCUT2D eigenvalue weighted by Crippen LogP contribution is -2.09. The summed E-state index contributed by atoms with van der Waals surface area (Å²) < 4.78 is 12.3. The second kappa shape index (κ2) is 5.85. The summed E-state index contributed by atoms with van der Waals surface area (Å²) in [5.74, 6) is 0.429. The van der Waals surface area contributed by atoms with Crippen LogP contribution in [0.4, 0.5) is 0 Å². The zero-order valence-electron chi connectivity index (χ0n) is 12.3. The summed E-state index contributed by atoms with van der Waals surface area (Å²) in [5.41, 5.74) is 1.97. The highest BCUT2D eigenvalue weighted by Gasteiger charge is 2.14. The topological polar surface area (TPSA) is 66.2 Å². The average molecular weight is 297 g/mol. The number of esters is 1. The minimum absolute atomic E-state index is 0.382. The lowest BCUT2D eigenvalue weighted by molar-refractivity contribution is 0.0730. The van der Waals surface area contributed by atoms with Gasteiger partial charge in [-0.2, -0.15) is 0 Å². The molecule has 6 heteroatoms. The maximum absolute atomic E-state index is 12.3. The van der Waals surface area contributed by atoms with Gasteiger partial charge in [-0.15, -0.1) is 5.10 Å². The van der Waals surface area contributed by atoms with Crippen molar-refractivity contribution >= 4 is 17.0 Å². The van der Waals surface area contributed by atoms with Crippen molar-refractivity contribution in [1.29, 1.82) is 0 Å². The molecule has 0 atom stereocenters. The molecule has 0 fully saturated rings. The number of fused-ring (bicyclic) bond motifs is 1. The van der Waals surface area contributed by atoms with Crippen molar-refractivity contribution in [3.05, 3.63) is 48.0 Å². The van der Waals surface area contributed by atoms with Crippen LogP contribution in [0.1, 0.15) is 17.3 Å². The molecule has 1 heterocycles. The van der Waals surface area contributed by atoms with Crippen molar-refractivity contribution < 1.29 is 14.3 Å². The SMILES string of the molecule is CCn1nnc2cc(C(=O)Oc3ccccc3OC)ccc21. The second-order valence-electron chi connectivity index (χ2n) is 4.65. The van der Waals surface area contributed by atoms with E-state index in [4.69, 9.17) is 9.47 Å². The Hall–Kier alpha value is -2.89. The van der Waals surface area contributed by atoms with Gasteiger partial charge >= 0.3 is 5.97 Å². The van der Waals surface area contributed by atoms with Crippen LogP contribution in [0.2, 0.25) is 0 Å². The van der Waals surface area contributed by atoms with E-state index in [1.54, 1.807) is 35.0 Å². The Morgan fingerprint density at radius 3 is 2.68 bits per heavy atom. The van der Waals surface area contributed by atoms with Gasteiger partial charge in [0, 0.05) is 6.54 Å². The van der Waals surface area contributed by atoms with Gasteiger partial charge in [0.1, 0.15) is 5.52 Å². The number of aromatic nitrogens is 3. The summed E-state index contributed by atoms with van der Waals surface area (Å²) in [6.07, 6.45) is 0. The van der Waals surface area contributed by atoms with E-state index in [1.165, 1.54) is 7.11 Å². The van der Waals surface area contributed by atoms with Gasteiger partial charge < -0.3 is 9.47 Å². The third kappa shape index (κ3) is 2.50. The molecule has 6 nitrogen and oxygen atoms in total. The van der Waals surface area contributed by atoms with Crippen LogP contribution in [0.15, 0.2) is 42.5 Å². The van der Waals surface area contributed by atoms with E-state index >= 15 is 0 Å². The van der Waals surface area contributed by atoms with Crippen LogP contribution in [0, 0.1) is 0 Å². The van der Waals surface area contributed by atoms with Gasteiger partial charge in [-0.3, -0.25) is 0 Å². The molecule has 0 spiro atoms. The predicted molar refractivity (Wildman–Crippen MR) is 81.2 cm³/mol. The monoisotopic (exact) mass is 297 g/mol. The highest BCUT2D eigenvalue weighted by atomic mass is 16.6. The zero-order chi connectivity index (χ0) is 15.5. The van der Waals surface area contributed by atoms with E-state index in [0.29, 0.717) is 22.6 Å². The molecule has 0 saturated carbocycles. The minimum Gasteiger partial charge on any atom is -0.493 e. The predicted octanol–water partition coefficient (Wildman–Crippen LogP) is 2.68. The van der Waals surface area contributed by atoms with Crippen molar-refractivity contribution in [2.24, 2.45) is 0 Å². The van der Waals surface area contributed by atoms with E-state index in [-0.39, 0.29) is 0 Å². The van der Waals surface area contributed by atoms with Gasteiger partial charge in [0.05, 0.1) is 18.2 Å². The summed E-state index contributed by atoms with van der Waals surface area (Å²) in [6.45, 7) is 2.71. The molecule has 0 N–H and O–H groups in total. The average Bonchev–Trinajstić information content (AvgIpc) is 2.97. The Kier molecular flexibility index (Phi) is 3.74. The molecule has 0 amide bonds. The van der Waals surface area contributed by atoms with Gasteiger partial charge in [0.2, 0.25) is 0 Å². The van der Waals surface area contributed by atoms with Crippen LogP contribution in [-0.2, 0) is 6.54 Å². The van der Waals surface area contributed by atoms with Crippen molar-refractivity contribution in [3.63, 3.8) is 0 Å². The summed E-state index contributed by atoms with van der Waals surface area (Å²) in [7, 11) is 1.53. The highest BCUT2D eigenvalue weighted by molar-refractivity contribution is 5.94. The number of aryl methyl sites for hydroxylation is 1. The van der Waals surface area contributed by atoms with Gasteiger partial charge in [-0.05, 0) is 37.3 Å². The first-order chi connectivity index (χ1) is 10.7. The van der Waals surface area contributed by atoms with Crippen molar-refractivity contribution in [3.8, 4) is 11.5 Å². The van der Waals surface area contributed by atoms with Crippen LogP contribution in [0.5, 0.6) is 11.5 Å². The van der Waals surface area contributed by atoms with Crippen LogP contribution < -0.4 is 9.47 Å². The quantitative estimate of drug-likeness (QED) is 0.547. The summed E-state index contributed by atoms with van der Waals surface area (Å²) in [4.78, 5) is 12.3. The highest BCUT2D eigenvalue weighted by Crippen LogP contribution is 2.27. The van der Waals surface area contributed by atoms with Crippen molar-refractivity contribution in [1.82, 2.24) is 15.0 Å². The number of rotatable bonds is 4. The Bertz CT molecular complexity index is 826. The summed E-state index contributed by atoms with van der Waals surface area (Å²) >= 11 is 0. The molecule has 3 rings (SSSR count). The zero-order valence-corrected chi connectivity index (χ0v) is 12.3. The largest absolute Gasteiger partial charge is 0.493 e. The fourth-order valence-corrected chi connectivity index (χ4v) is 2.19. The van der Waals surface area contributed by atoms with Crippen molar-refractivity contribution in [2.75, 3.05) is 7.11 Å². The molecule has 3 aromatic rings. The van der Waals surface area contributed by atoms with Crippen LogP contribution in [0.3, 0.4) is 0 Å². The number of hydrogen-bond donors (Lipinski definition) is 0. The fraction of sp³-hybridized carbons (Fsp3) is 0.188. The molecule has 0 bridgehead atoms. The molecular formula is C16H15N3O3. The fourth-order valence-electron chi connectivity index (χ4n) is 2.19. The Morgan fingerprint density at radius 1 is 1.18 bits per heavy atom. The van der Waals surface area contributed by atoms with Crippen LogP contribution in [-0.4, -0.2) is 28.1 Å². The van der Waals surface area contributed by atoms with E-state index in [2.05, 4.69) is 10.3 Å². The maximum Gasteiger partial charge on any atom is 0.343 e. The molecular weight excluding hydrogens is 282 g/mol. The number of nitrogens with zero attached hydrogens (tertiary/aromatic N) is 3. The van der Waals surface area contributed by atoms with Gasteiger partial charge in [0.25, 0.3) is 0 Å². The third-order valence-electron chi connectivity index (χ3n) is 3.32. The van der Waals surface area contributed by atoms with E-state index in [1.807, 2.05) is 19.1 Å². The molecule has 0 aliphatic heterocycles. The standard InChI is InChI=1S/C16H15N3O3/c1-3-19-13-9-8-11(10-12(13)17-18-19)16(20)22-15-7-5-4-6-14(15)21-2/h4-10H,3H2,1-2H3. The molecule has 2 aromatic carbocycles. The summed E-state index contributed by atoms with van der Waals surface area (Å²) in [5, 5.41) is 8.07. The lowest BCUT2D eigenvalue weighted by atomic mass is 10.2. The van der Waals surface area contributed by atoms with Gasteiger partial charge in [0.15, 0.2) is 11.5 Å². The molecule has 0 radical (unpaired) electrons. The first-order valence-corrected chi connectivity index (χ1v) is 6.91. The number of hydrogen-bond acceptors (Lipinski definition) is 5. The molecule has 0 aliphatic rings. The maximum atomic E-state index is 12.3. The van der Waals surface area contributed by atoms with E-state index in [9.17, 15) is 4.79 Å². The van der Waals surface area contributed by atoms with Crippen LogP contribution in [0.25, 0.3) is 11.0 Å². The number of carbonyl (C=O) groups excluding carboxylic acids is 1. The summed E-state index contributed by atoms with van der Waals surface area (Å²) in [6, 6.07) is 12.2. The van der Waals surface area contributed by atoms with Gasteiger partial charge in [-0.1, -0.05) is 17.3 Å². The Morgan fingerprint density at radius 2 is 1.95 bits per heavy atom. The second-order valence-corrected chi connectivity index (χ2v) is 4.65. The molecule has 112 valence electrons. The normalized spacial score (nSPS) is 10.6. The van der Waals surface area contributed by atoms with Crippen molar-refractivity contribution in [2.45, 2.75) is 13.5 Å². The molecule has 0 saturated heterocycles. The third-order valence-corrected chi connectivity index (χ3v) is 3.32. The first kappa shape index (κ1) is 14.1. The van der Waals surface area contributed by atoms with E-state index in [0.717, 1.165) is 12.1 Å². The number of methoxy groups -OCH3 is 1. The molecule has 22 heavy (non-hydrogen) atoms. The minimum atomic E-state index is -0.461. The lowest BCUT2D eigenvalue weighted by Gasteiger charge is -2.08. The van der Waals surface area contributed by atoms with E-state index < -0.39 is 5.97 Å². The number of benzene rings is 2. The van der Waals surface area contributed by atoms with Crippen LogP contribution >= 0.6 is 0 Å². The first-order valence-electron chi connectivity index (χ1n) is 6.91. The molecule has 0 aliphatic carbocycles. The van der Waals surface area contributed by atoms with Gasteiger partial charge in [-0.25, -0.2) is 9.48 Å². The Labute approximate surface area is 127 Å². The molecule has 1 aromatic heterocycles. The number of ether oxygens (including phenoxy) is 2.